The van der Waals surface area contributed by atoms with Crippen molar-refractivity contribution in [3.8, 4) is 0 Å². The minimum atomic E-state index is -1.58. The van der Waals surface area contributed by atoms with Crippen LogP contribution in [0.15, 0.2) is 30.3 Å². The lowest BCUT2D eigenvalue weighted by atomic mass is 9.96. The first-order valence-electron chi connectivity index (χ1n) is 16.5. The van der Waals surface area contributed by atoms with E-state index >= 15 is 0 Å². The molecule has 0 radical (unpaired) electrons. The van der Waals surface area contributed by atoms with Gasteiger partial charge in [-0.15, -0.1) is 0 Å². The fourth-order valence-electron chi connectivity index (χ4n) is 4.63. The lowest BCUT2D eigenvalue weighted by molar-refractivity contribution is -0.141. The average Bonchev–Trinajstić information content (AvgIpc) is 3.06. The Balaban J connectivity index is 3.17. The van der Waals surface area contributed by atoms with E-state index in [2.05, 4.69) is 31.9 Å². The van der Waals surface area contributed by atoms with Crippen LogP contribution in [0.4, 0.5) is 0 Å². The van der Waals surface area contributed by atoms with Gasteiger partial charge in [0.15, 0.2) is 0 Å². The van der Waals surface area contributed by atoms with Gasteiger partial charge in [0.2, 0.25) is 35.4 Å². The zero-order valence-electron chi connectivity index (χ0n) is 29.4. The van der Waals surface area contributed by atoms with E-state index in [0.717, 1.165) is 0 Å². The predicted molar refractivity (Wildman–Crippen MR) is 182 cm³/mol. The molecule has 6 amide bonds. The highest BCUT2D eigenvalue weighted by molar-refractivity contribution is 5.96. The Bertz CT molecular complexity index is 1310. The summed E-state index contributed by atoms with van der Waals surface area (Å²) in [6.07, 6.45) is -0.915. The molecule has 11 N–H and O–H groups in total. The van der Waals surface area contributed by atoms with E-state index in [1.165, 1.54) is 13.8 Å². The number of amides is 6. The average molecular weight is 708 g/mol. The summed E-state index contributed by atoms with van der Waals surface area (Å²) in [5.41, 5.74) is 6.28. The van der Waals surface area contributed by atoms with Gasteiger partial charge in [0.05, 0.1) is 19.3 Å². The molecule has 0 spiro atoms. The third-order valence-corrected chi connectivity index (χ3v) is 7.82. The van der Waals surface area contributed by atoms with E-state index in [0.29, 0.717) is 12.0 Å². The zero-order valence-corrected chi connectivity index (χ0v) is 29.4. The number of rotatable bonds is 21. The van der Waals surface area contributed by atoms with Gasteiger partial charge in [-0.2, -0.15) is 0 Å². The third-order valence-electron chi connectivity index (χ3n) is 7.82. The Morgan fingerprint density at radius 1 is 0.740 bits per heavy atom. The van der Waals surface area contributed by atoms with Crippen LogP contribution in [0.3, 0.4) is 0 Å². The fourth-order valence-corrected chi connectivity index (χ4v) is 4.63. The van der Waals surface area contributed by atoms with Gasteiger partial charge in [-0.1, -0.05) is 64.4 Å². The van der Waals surface area contributed by atoms with Crippen molar-refractivity contribution in [2.24, 2.45) is 17.6 Å². The van der Waals surface area contributed by atoms with Gasteiger partial charge >= 0.3 is 5.97 Å². The fraction of sp³-hybridized carbons (Fsp3) is 0.606. The Labute approximate surface area is 291 Å². The Kier molecular flexibility index (Phi) is 18.6. The van der Waals surface area contributed by atoms with Crippen molar-refractivity contribution in [1.29, 1.82) is 0 Å². The minimum Gasteiger partial charge on any atom is -0.480 e. The van der Waals surface area contributed by atoms with E-state index in [1.54, 1.807) is 58.0 Å². The Morgan fingerprint density at radius 2 is 1.30 bits per heavy atom. The van der Waals surface area contributed by atoms with Gasteiger partial charge in [0, 0.05) is 6.42 Å². The van der Waals surface area contributed by atoms with Crippen LogP contribution in [0.1, 0.15) is 59.9 Å². The van der Waals surface area contributed by atoms with Gasteiger partial charge < -0.3 is 53.0 Å². The van der Waals surface area contributed by atoms with Crippen LogP contribution in [0.5, 0.6) is 0 Å². The molecule has 17 heteroatoms. The number of aliphatic carboxylic acids is 1. The first-order chi connectivity index (χ1) is 23.4. The molecular formula is C33H53N7O10. The molecule has 0 saturated heterocycles. The van der Waals surface area contributed by atoms with Crippen molar-refractivity contribution >= 4 is 41.4 Å². The molecule has 17 nitrogen and oxygen atoms in total. The maximum atomic E-state index is 13.6. The van der Waals surface area contributed by atoms with Crippen molar-refractivity contribution in [2.45, 2.75) is 103 Å². The summed E-state index contributed by atoms with van der Waals surface area (Å²) < 4.78 is 0. The van der Waals surface area contributed by atoms with Crippen LogP contribution >= 0.6 is 0 Å². The molecule has 0 aliphatic rings. The number of aliphatic hydroxyl groups excluding tert-OH is 2. The van der Waals surface area contributed by atoms with Gasteiger partial charge in [-0.25, -0.2) is 0 Å². The summed E-state index contributed by atoms with van der Waals surface area (Å²) >= 11 is 0. The van der Waals surface area contributed by atoms with Crippen molar-refractivity contribution in [2.75, 3.05) is 13.2 Å². The maximum Gasteiger partial charge on any atom is 0.325 e. The van der Waals surface area contributed by atoms with E-state index in [-0.39, 0.29) is 18.8 Å². The van der Waals surface area contributed by atoms with E-state index in [1.807, 2.05) is 0 Å². The lowest BCUT2D eigenvalue weighted by Crippen LogP contribution is -2.62. The summed E-state index contributed by atoms with van der Waals surface area (Å²) in [5.74, 6) is -6.58. The van der Waals surface area contributed by atoms with Crippen LogP contribution in [0.2, 0.25) is 0 Å². The Hall–Kier alpha value is -4.61. The number of aliphatic hydroxyl groups is 2. The highest BCUT2D eigenvalue weighted by atomic mass is 16.4. The van der Waals surface area contributed by atoms with Gasteiger partial charge in [0.25, 0.3) is 0 Å². The van der Waals surface area contributed by atoms with E-state index in [4.69, 9.17) is 10.8 Å². The Morgan fingerprint density at radius 3 is 1.82 bits per heavy atom. The van der Waals surface area contributed by atoms with Gasteiger partial charge in [0.1, 0.15) is 36.3 Å². The second-order valence-electron chi connectivity index (χ2n) is 12.7. The van der Waals surface area contributed by atoms with E-state index in [9.17, 15) is 43.8 Å². The zero-order chi connectivity index (χ0) is 38.1. The topological polar surface area (TPSA) is 278 Å². The minimum absolute atomic E-state index is 0.0115. The number of carboxylic acids is 1. The molecular weight excluding hydrogens is 654 g/mol. The highest BCUT2D eigenvalue weighted by Gasteiger charge is 2.35. The number of hydrogen-bond acceptors (Lipinski definition) is 10. The van der Waals surface area contributed by atoms with Crippen molar-refractivity contribution in [3.05, 3.63) is 35.9 Å². The van der Waals surface area contributed by atoms with Gasteiger partial charge in [-0.3, -0.25) is 33.6 Å². The summed E-state index contributed by atoms with van der Waals surface area (Å²) in [5, 5.41) is 43.5. The molecule has 0 aliphatic carbocycles. The lowest BCUT2D eigenvalue weighted by Gasteiger charge is -2.29. The quantitative estimate of drug-likeness (QED) is 0.0647. The molecule has 1 aromatic rings. The van der Waals surface area contributed by atoms with Crippen LogP contribution < -0.4 is 37.6 Å². The SMILES string of the molecule is CC[C@H](C)[C@H](NC(=O)[C@H](CC(C)C)NC(=O)[C@@H](NC(=O)[C@H](Cc1ccccc1)NC(=O)[C@@H](N)CO)[C@@H](C)O)C(=O)NCC(=O)N[C@@H](C)C(=O)O. The summed E-state index contributed by atoms with van der Waals surface area (Å²) in [4.78, 5) is 89.2. The van der Waals surface area contributed by atoms with Crippen molar-refractivity contribution < 1.29 is 48.9 Å². The molecule has 0 saturated carbocycles. The molecule has 0 fully saturated rings. The largest absolute Gasteiger partial charge is 0.480 e. The number of carbonyl (C=O) groups is 7. The molecule has 0 aliphatic heterocycles. The number of hydrogen-bond donors (Lipinski definition) is 10. The monoisotopic (exact) mass is 707 g/mol. The number of carboxylic acid groups (broad SMARTS) is 1. The second kappa shape index (κ2) is 21.5. The smallest absolute Gasteiger partial charge is 0.325 e. The number of nitrogens with one attached hydrogen (secondary N) is 6. The molecule has 0 bridgehead atoms. The summed E-state index contributed by atoms with van der Waals surface area (Å²) in [6, 6.07) is 0.969. The summed E-state index contributed by atoms with van der Waals surface area (Å²) in [6.45, 7) is 8.37. The molecule has 8 atom stereocenters. The number of nitrogens with two attached hydrogens (primary N) is 1. The molecule has 280 valence electrons. The van der Waals surface area contributed by atoms with Crippen LogP contribution in [-0.4, -0.2) is 112 Å². The third kappa shape index (κ3) is 14.9. The van der Waals surface area contributed by atoms with Crippen molar-refractivity contribution in [3.63, 3.8) is 0 Å². The van der Waals surface area contributed by atoms with Crippen LogP contribution in [0.25, 0.3) is 0 Å². The van der Waals surface area contributed by atoms with Crippen molar-refractivity contribution in [1.82, 2.24) is 31.9 Å². The predicted octanol–water partition coefficient (Wildman–Crippen LogP) is -2.33. The van der Waals surface area contributed by atoms with E-state index < -0.39 is 103 Å². The van der Waals surface area contributed by atoms with Crippen LogP contribution in [0, 0.1) is 11.8 Å². The highest BCUT2D eigenvalue weighted by Crippen LogP contribution is 2.12. The molecule has 1 aromatic carbocycles. The van der Waals surface area contributed by atoms with Crippen LogP contribution in [-0.2, 0) is 40.0 Å². The molecule has 0 heterocycles. The number of carbonyl (C=O) groups excluding carboxylic acids is 6. The molecule has 1 rings (SSSR count). The molecule has 0 unspecified atom stereocenters. The summed E-state index contributed by atoms with van der Waals surface area (Å²) in [7, 11) is 0. The van der Waals surface area contributed by atoms with Gasteiger partial charge in [-0.05, 0) is 37.7 Å². The molecule has 50 heavy (non-hydrogen) atoms. The first kappa shape index (κ1) is 43.4. The standard InChI is InChI=1S/C33H53N7O10/c1-7-18(4)26(31(47)35-15-25(43)36-19(5)33(49)50)39-29(45)23(13-17(2)3)38-32(48)27(20(6)42)40-30(46)24(37-28(44)22(34)16-41)14-21-11-9-8-10-12-21/h8-12,17-20,22-24,26-27,41-42H,7,13-16,34H2,1-6H3,(H,35,47)(H,36,43)(H,37,44)(H,38,48)(H,39,45)(H,40,46)(H,49,50)/t18-,19-,20+,22-,23-,24-,26-,27-/m0/s1. The second-order valence-corrected chi connectivity index (χ2v) is 12.7. The maximum absolute atomic E-state index is 13.6. The normalized spacial score (nSPS) is 15.9. The number of benzene rings is 1. The first-order valence-corrected chi connectivity index (χ1v) is 16.5. The molecule has 0 aromatic heterocycles.